The number of aryl methyl sites for hydroxylation is 1. The summed E-state index contributed by atoms with van der Waals surface area (Å²) in [6, 6.07) is 0. The summed E-state index contributed by atoms with van der Waals surface area (Å²) in [5.41, 5.74) is 2.14. The van der Waals surface area contributed by atoms with E-state index in [-0.39, 0.29) is 35.6 Å². The maximum Gasteiger partial charge on any atom is 0.332 e. The first-order valence-corrected chi connectivity index (χ1v) is 6.54. The fourth-order valence-electron chi connectivity index (χ4n) is 2.21. The van der Waals surface area contributed by atoms with E-state index in [0.29, 0.717) is 0 Å². The summed E-state index contributed by atoms with van der Waals surface area (Å²) in [6.07, 6.45) is 1.97. The Kier molecular flexibility index (Phi) is 4.48. The first kappa shape index (κ1) is 14.9. The van der Waals surface area contributed by atoms with E-state index in [1.807, 2.05) is 0 Å². The van der Waals surface area contributed by atoms with E-state index >= 15 is 0 Å². The highest BCUT2D eigenvalue weighted by molar-refractivity contribution is 5.81. The Balaban J connectivity index is 2.15. The summed E-state index contributed by atoms with van der Waals surface area (Å²) < 4.78 is 0. The summed E-state index contributed by atoms with van der Waals surface area (Å²) in [7, 11) is 0. The fourth-order valence-corrected chi connectivity index (χ4v) is 2.21. The Morgan fingerprint density at radius 1 is 1.43 bits per heavy atom. The van der Waals surface area contributed by atoms with Gasteiger partial charge < -0.3 is 10.2 Å². The van der Waals surface area contributed by atoms with E-state index in [1.165, 1.54) is 6.92 Å². The monoisotopic (exact) mass is 295 g/mol. The number of hydrazine groups is 1. The molecule has 1 fully saturated rings. The molecule has 0 aliphatic carbocycles. The van der Waals surface area contributed by atoms with Gasteiger partial charge in [-0.15, -0.1) is 0 Å². The lowest BCUT2D eigenvalue weighted by Crippen LogP contribution is -2.33. The highest BCUT2D eigenvalue weighted by atomic mass is 16.6. The molecule has 4 N–H and O–H groups in total. The minimum absolute atomic E-state index is 0.0204. The van der Waals surface area contributed by atoms with Gasteiger partial charge in [-0.05, 0) is 19.8 Å². The third kappa shape index (κ3) is 3.34. The molecule has 2 rings (SSSR count). The number of likely N-dealkylation sites (tertiary alicyclic amines) is 1. The van der Waals surface area contributed by atoms with E-state index in [0.717, 1.165) is 25.9 Å². The van der Waals surface area contributed by atoms with Crippen LogP contribution in [0, 0.1) is 17.0 Å². The van der Waals surface area contributed by atoms with Gasteiger partial charge in [-0.1, -0.05) is 0 Å². The first-order chi connectivity index (χ1) is 10.0. The molecule has 0 spiro atoms. The number of nitrogens with zero attached hydrogens (tertiary/aromatic N) is 4. The number of aromatic nitrogens is 2. The van der Waals surface area contributed by atoms with Crippen molar-refractivity contribution in [3.63, 3.8) is 0 Å². The fraction of sp³-hybridized carbons (Fsp3) is 0.545. The average Bonchev–Trinajstić information content (AvgIpc) is 2.97. The van der Waals surface area contributed by atoms with Gasteiger partial charge in [-0.25, -0.2) is 10.8 Å². The van der Waals surface area contributed by atoms with Gasteiger partial charge in [0.2, 0.25) is 17.7 Å². The summed E-state index contributed by atoms with van der Waals surface area (Å²) >= 11 is 0. The zero-order valence-electron chi connectivity index (χ0n) is 11.6. The predicted molar refractivity (Wildman–Crippen MR) is 75.5 cm³/mol. The summed E-state index contributed by atoms with van der Waals surface area (Å²) in [5, 5.41) is 13.8. The third-order valence-electron chi connectivity index (χ3n) is 3.24. The lowest BCUT2D eigenvalue weighted by Gasteiger charge is -2.16. The third-order valence-corrected chi connectivity index (χ3v) is 3.24. The van der Waals surface area contributed by atoms with Crippen molar-refractivity contribution in [2.24, 2.45) is 5.84 Å². The number of nitrogens with two attached hydrogens (primary N) is 1. The van der Waals surface area contributed by atoms with Crippen molar-refractivity contribution in [3.05, 3.63) is 15.8 Å². The maximum atomic E-state index is 11.9. The summed E-state index contributed by atoms with van der Waals surface area (Å²) in [6.45, 7) is 2.87. The maximum absolute atomic E-state index is 11.9. The van der Waals surface area contributed by atoms with Crippen LogP contribution in [0.15, 0.2) is 0 Å². The van der Waals surface area contributed by atoms with E-state index in [4.69, 9.17) is 5.84 Å². The van der Waals surface area contributed by atoms with Crippen LogP contribution in [0.4, 0.5) is 17.5 Å². The van der Waals surface area contributed by atoms with E-state index in [9.17, 15) is 14.9 Å². The molecule has 0 unspecified atom stereocenters. The zero-order valence-corrected chi connectivity index (χ0v) is 11.6. The Hall–Kier alpha value is -2.49. The SMILES string of the molecule is Cc1nc(NN)nc(NCC(=O)N2CCCC2)c1[N+](=O)[O-]. The second-order valence-corrected chi connectivity index (χ2v) is 4.67. The zero-order chi connectivity index (χ0) is 15.4. The number of anilines is 2. The molecule has 0 aromatic carbocycles. The second-order valence-electron chi connectivity index (χ2n) is 4.67. The number of nitrogen functional groups attached to an aromatic ring is 1. The first-order valence-electron chi connectivity index (χ1n) is 6.54. The summed E-state index contributed by atoms with van der Waals surface area (Å²) in [4.78, 5) is 31.9. The summed E-state index contributed by atoms with van der Waals surface area (Å²) in [5.74, 6) is 5.14. The van der Waals surface area contributed by atoms with Crippen LogP contribution >= 0.6 is 0 Å². The van der Waals surface area contributed by atoms with Crippen molar-refractivity contribution in [2.75, 3.05) is 30.4 Å². The van der Waals surface area contributed by atoms with Gasteiger partial charge in [-0.2, -0.15) is 4.98 Å². The standard InChI is InChI=1S/C11H17N7O3/c1-7-9(18(20)21)10(15-11(14-7)16-12)13-6-8(19)17-4-2-3-5-17/h2-6,12H2,1H3,(H2,13,14,15,16). The van der Waals surface area contributed by atoms with Gasteiger partial charge in [0.25, 0.3) is 0 Å². The molecule has 114 valence electrons. The van der Waals surface area contributed by atoms with Crippen LogP contribution < -0.4 is 16.6 Å². The molecule has 0 atom stereocenters. The van der Waals surface area contributed by atoms with Crippen molar-refractivity contribution < 1.29 is 9.72 Å². The van der Waals surface area contributed by atoms with E-state index < -0.39 is 4.92 Å². The Labute approximate surface area is 120 Å². The molecule has 1 aromatic heterocycles. The van der Waals surface area contributed by atoms with Crippen molar-refractivity contribution in [1.82, 2.24) is 14.9 Å². The molecule has 1 aliphatic heterocycles. The van der Waals surface area contributed by atoms with Crippen LogP contribution in [0.5, 0.6) is 0 Å². The van der Waals surface area contributed by atoms with Crippen LogP contribution in [0.3, 0.4) is 0 Å². The number of hydrogen-bond acceptors (Lipinski definition) is 8. The average molecular weight is 295 g/mol. The molecule has 1 aliphatic rings. The van der Waals surface area contributed by atoms with Crippen molar-refractivity contribution >= 4 is 23.4 Å². The number of carbonyl (C=O) groups is 1. The van der Waals surface area contributed by atoms with Gasteiger partial charge in [0.05, 0.1) is 11.5 Å². The molecular formula is C11H17N7O3. The Bertz CT molecular complexity index is 557. The van der Waals surface area contributed by atoms with Crippen molar-refractivity contribution in [1.29, 1.82) is 0 Å². The normalized spacial score (nSPS) is 14.1. The number of carbonyl (C=O) groups excluding carboxylic acids is 1. The van der Waals surface area contributed by atoms with Crippen LogP contribution in [0.2, 0.25) is 0 Å². The van der Waals surface area contributed by atoms with Crippen LogP contribution in [-0.4, -0.2) is 45.3 Å². The Morgan fingerprint density at radius 2 is 2.10 bits per heavy atom. The highest BCUT2D eigenvalue weighted by Crippen LogP contribution is 2.26. The molecule has 10 heteroatoms. The molecule has 1 amide bonds. The molecule has 1 saturated heterocycles. The number of nitro groups is 1. The Morgan fingerprint density at radius 3 is 2.67 bits per heavy atom. The van der Waals surface area contributed by atoms with Gasteiger partial charge in [0.15, 0.2) is 0 Å². The van der Waals surface area contributed by atoms with Crippen LogP contribution in [-0.2, 0) is 4.79 Å². The van der Waals surface area contributed by atoms with Gasteiger partial charge in [0.1, 0.15) is 5.69 Å². The van der Waals surface area contributed by atoms with Crippen molar-refractivity contribution in [3.8, 4) is 0 Å². The number of rotatable bonds is 5. The smallest absolute Gasteiger partial charge is 0.332 e. The minimum Gasteiger partial charge on any atom is -0.355 e. The number of nitrogens with one attached hydrogen (secondary N) is 2. The van der Waals surface area contributed by atoms with Gasteiger partial charge >= 0.3 is 5.69 Å². The predicted octanol–water partition coefficient (Wildman–Crippen LogP) is 0.0131. The van der Waals surface area contributed by atoms with Gasteiger partial charge in [-0.3, -0.25) is 20.3 Å². The van der Waals surface area contributed by atoms with Gasteiger partial charge in [0, 0.05) is 13.1 Å². The molecule has 0 radical (unpaired) electrons. The molecule has 1 aromatic rings. The molecule has 10 nitrogen and oxygen atoms in total. The largest absolute Gasteiger partial charge is 0.355 e. The topological polar surface area (TPSA) is 139 Å². The van der Waals surface area contributed by atoms with Crippen molar-refractivity contribution in [2.45, 2.75) is 19.8 Å². The molecule has 0 bridgehead atoms. The van der Waals surface area contributed by atoms with E-state index in [2.05, 4.69) is 20.7 Å². The lowest BCUT2D eigenvalue weighted by atomic mass is 10.3. The van der Waals surface area contributed by atoms with Crippen LogP contribution in [0.25, 0.3) is 0 Å². The quantitative estimate of drug-likeness (QED) is 0.392. The lowest BCUT2D eigenvalue weighted by molar-refractivity contribution is -0.385. The number of amides is 1. The number of hydrogen-bond donors (Lipinski definition) is 3. The molecule has 21 heavy (non-hydrogen) atoms. The highest BCUT2D eigenvalue weighted by Gasteiger charge is 2.24. The second kappa shape index (κ2) is 6.31. The van der Waals surface area contributed by atoms with Crippen LogP contribution in [0.1, 0.15) is 18.5 Å². The molecule has 2 heterocycles. The molecule has 0 saturated carbocycles. The molecular weight excluding hydrogens is 278 g/mol. The minimum atomic E-state index is -0.585. The van der Waals surface area contributed by atoms with E-state index in [1.54, 1.807) is 4.90 Å².